The van der Waals surface area contributed by atoms with Crippen LogP contribution in [0.25, 0.3) is 22.3 Å². The number of ether oxygens (including phenoxy) is 1. The fourth-order valence-corrected chi connectivity index (χ4v) is 4.60. The Labute approximate surface area is 164 Å². The second kappa shape index (κ2) is 6.57. The van der Waals surface area contributed by atoms with Crippen LogP contribution in [-0.4, -0.2) is 21.6 Å². The minimum absolute atomic E-state index is 0.260. The highest BCUT2D eigenvalue weighted by atomic mass is 19.1. The van der Waals surface area contributed by atoms with Gasteiger partial charge in [0.25, 0.3) is 0 Å². The molecule has 5 rings (SSSR count). The molecular formula is C23H26FN3O. The van der Waals surface area contributed by atoms with Crippen molar-refractivity contribution in [1.29, 1.82) is 0 Å². The van der Waals surface area contributed by atoms with E-state index in [0.717, 1.165) is 51.9 Å². The molecule has 5 heteroatoms. The Morgan fingerprint density at radius 3 is 2.54 bits per heavy atom. The summed E-state index contributed by atoms with van der Waals surface area (Å²) in [5, 5.41) is 0. The molecule has 0 bridgehead atoms. The topological polar surface area (TPSA) is 39.9 Å². The summed E-state index contributed by atoms with van der Waals surface area (Å²) in [6.07, 6.45) is 8.03. The van der Waals surface area contributed by atoms with Crippen LogP contribution >= 0.6 is 0 Å². The normalized spacial score (nSPS) is 16.9. The highest BCUT2D eigenvalue weighted by Gasteiger charge is 2.44. The summed E-state index contributed by atoms with van der Waals surface area (Å²) in [7, 11) is 1.49. The zero-order chi connectivity index (χ0) is 19.4. The van der Waals surface area contributed by atoms with Crippen molar-refractivity contribution in [2.24, 2.45) is 11.8 Å². The Morgan fingerprint density at radius 2 is 1.93 bits per heavy atom. The summed E-state index contributed by atoms with van der Waals surface area (Å²) < 4.78 is 22.1. The minimum atomic E-state index is -0.370. The molecule has 0 amide bonds. The molecule has 2 aliphatic carbocycles. The highest BCUT2D eigenvalue weighted by molar-refractivity contribution is 5.91. The van der Waals surface area contributed by atoms with Crippen LogP contribution in [0.4, 0.5) is 4.39 Å². The smallest absolute Gasteiger partial charge is 0.165 e. The predicted octanol–water partition coefficient (Wildman–Crippen LogP) is 5.48. The van der Waals surface area contributed by atoms with Crippen molar-refractivity contribution in [3.8, 4) is 17.0 Å². The average Bonchev–Trinajstić information content (AvgIpc) is 3.62. The number of aryl methyl sites for hydroxylation is 2. The molecule has 2 fully saturated rings. The molecule has 2 aliphatic rings. The number of methoxy groups -OCH3 is 1. The fraction of sp³-hybridized carbons (Fsp3) is 0.478. The molecule has 0 aliphatic heterocycles. The van der Waals surface area contributed by atoms with Crippen LogP contribution in [0.5, 0.6) is 5.75 Å². The number of halogens is 1. The summed E-state index contributed by atoms with van der Waals surface area (Å²) in [6, 6.07) is 5.90. The lowest BCUT2D eigenvalue weighted by atomic mass is 10.0. The second-order valence-corrected chi connectivity index (χ2v) is 8.25. The molecule has 0 radical (unpaired) electrons. The first-order valence-electron chi connectivity index (χ1n) is 10.3. The number of hydrogen-bond acceptors (Lipinski definition) is 3. The SMILES string of the molecule is CCc1nc2c(-c3cc(F)c(OC)cc3C)nccc2n1C(C1CC1)C1CC1. The quantitative estimate of drug-likeness (QED) is 0.569. The monoisotopic (exact) mass is 379 g/mol. The Balaban J connectivity index is 1.71. The molecule has 0 atom stereocenters. The van der Waals surface area contributed by atoms with E-state index in [4.69, 9.17) is 9.72 Å². The van der Waals surface area contributed by atoms with Gasteiger partial charge in [0.2, 0.25) is 0 Å². The van der Waals surface area contributed by atoms with Crippen molar-refractivity contribution in [3.63, 3.8) is 0 Å². The van der Waals surface area contributed by atoms with Crippen LogP contribution < -0.4 is 4.74 Å². The van der Waals surface area contributed by atoms with Crippen LogP contribution in [0.2, 0.25) is 0 Å². The maximum Gasteiger partial charge on any atom is 0.165 e. The molecule has 2 aromatic heterocycles. The Morgan fingerprint density at radius 1 is 1.21 bits per heavy atom. The molecule has 146 valence electrons. The summed E-state index contributed by atoms with van der Waals surface area (Å²) in [5.74, 6) is 2.58. The van der Waals surface area contributed by atoms with Gasteiger partial charge in [-0.2, -0.15) is 0 Å². The van der Waals surface area contributed by atoms with Gasteiger partial charge < -0.3 is 9.30 Å². The van der Waals surface area contributed by atoms with E-state index < -0.39 is 0 Å². The summed E-state index contributed by atoms with van der Waals surface area (Å²) in [6.45, 7) is 4.13. The molecule has 2 saturated carbocycles. The maximum absolute atomic E-state index is 14.4. The average molecular weight is 379 g/mol. The third kappa shape index (κ3) is 2.79. The zero-order valence-corrected chi connectivity index (χ0v) is 16.7. The molecule has 0 unspecified atom stereocenters. The third-order valence-electron chi connectivity index (χ3n) is 6.26. The molecule has 4 nitrogen and oxygen atoms in total. The van der Waals surface area contributed by atoms with Crippen molar-refractivity contribution >= 4 is 11.0 Å². The number of aromatic nitrogens is 3. The number of hydrogen-bond donors (Lipinski definition) is 0. The van der Waals surface area contributed by atoms with Gasteiger partial charge in [0, 0.05) is 24.2 Å². The molecular weight excluding hydrogens is 353 g/mol. The number of nitrogens with zero attached hydrogens (tertiary/aromatic N) is 3. The lowest BCUT2D eigenvalue weighted by Crippen LogP contribution is -2.16. The second-order valence-electron chi connectivity index (χ2n) is 8.25. The van der Waals surface area contributed by atoms with Gasteiger partial charge in [-0.05, 0) is 68.2 Å². The van der Waals surface area contributed by atoms with Crippen LogP contribution in [-0.2, 0) is 6.42 Å². The van der Waals surface area contributed by atoms with Gasteiger partial charge in [0.15, 0.2) is 11.6 Å². The molecule has 3 aromatic rings. The molecule has 0 spiro atoms. The van der Waals surface area contributed by atoms with Gasteiger partial charge in [-0.1, -0.05) is 6.92 Å². The van der Waals surface area contributed by atoms with Crippen molar-refractivity contribution in [3.05, 3.63) is 41.6 Å². The van der Waals surface area contributed by atoms with Crippen LogP contribution in [0.15, 0.2) is 24.4 Å². The largest absolute Gasteiger partial charge is 0.494 e. The number of rotatable bonds is 6. The molecule has 1 aromatic carbocycles. The first-order valence-corrected chi connectivity index (χ1v) is 10.3. The zero-order valence-electron chi connectivity index (χ0n) is 16.7. The number of imidazole rings is 1. The number of benzene rings is 1. The van der Waals surface area contributed by atoms with E-state index in [1.165, 1.54) is 38.9 Å². The van der Waals surface area contributed by atoms with Crippen LogP contribution in [0, 0.1) is 24.6 Å². The fourth-order valence-electron chi connectivity index (χ4n) is 4.60. The van der Waals surface area contributed by atoms with Crippen molar-refractivity contribution in [2.45, 2.75) is 52.0 Å². The van der Waals surface area contributed by atoms with E-state index in [1.54, 1.807) is 6.07 Å². The lowest BCUT2D eigenvalue weighted by molar-refractivity contribution is 0.386. The highest BCUT2D eigenvalue weighted by Crippen LogP contribution is 2.53. The first kappa shape index (κ1) is 17.7. The molecule has 0 saturated heterocycles. The van der Waals surface area contributed by atoms with Crippen LogP contribution in [0.3, 0.4) is 0 Å². The number of fused-ring (bicyclic) bond motifs is 1. The lowest BCUT2D eigenvalue weighted by Gasteiger charge is -2.21. The van der Waals surface area contributed by atoms with Gasteiger partial charge in [-0.15, -0.1) is 0 Å². The van der Waals surface area contributed by atoms with Gasteiger partial charge >= 0.3 is 0 Å². The van der Waals surface area contributed by atoms with Gasteiger partial charge in [-0.3, -0.25) is 4.98 Å². The van der Waals surface area contributed by atoms with Gasteiger partial charge in [0.1, 0.15) is 11.3 Å². The van der Waals surface area contributed by atoms with Gasteiger partial charge in [-0.25, -0.2) is 9.37 Å². The van der Waals surface area contributed by atoms with E-state index in [9.17, 15) is 4.39 Å². The standard InChI is InChI=1S/C23H26FN3O/c1-4-20-26-22-18(27(20)23(14-5-6-14)15-7-8-15)9-10-25-21(22)16-12-17(24)19(28-3)11-13(16)2/h9-12,14-15,23H,4-8H2,1-3H3. The van der Waals surface area contributed by atoms with E-state index in [1.807, 2.05) is 13.1 Å². The summed E-state index contributed by atoms with van der Waals surface area (Å²) in [5.41, 5.74) is 4.51. The molecule has 2 heterocycles. The van der Waals surface area contributed by atoms with E-state index in [0.29, 0.717) is 6.04 Å². The predicted molar refractivity (Wildman–Crippen MR) is 108 cm³/mol. The Hall–Kier alpha value is -2.43. The molecule has 28 heavy (non-hydrogen) atoms. The summed E-state index contributed by atoms with van der Waals surface area (Å²) in [4.78, 5) is 9.63. The van der Waals surface area contributed by atoms with E-state index >= 15 is 0 Å². The Kier molecular flexibility index (Phi) is 4.14. The van der Waals surface area contributed by atoms with E-state index in [2.05, 4.69) is 22.5 Å². The maximum atomic E-state index is 14.4. The van der Waals surface area contributed by atoms with Crippen LogP contribution in [0.1, 0.15) is 50.0 Å². The van der Waals surface area contributed by atoms with Crippen molar-refractivity contribution < 1.29 is 9.13 Å². The van der Waals surface area contributed by atoms with Crippen molar-refractivity contribution in [2.75, 3.05) is 7.11 Å². The van der Waals surface area contributed by atoms with E-state index in [-0.39, 0.29) is 11.6 Å². The first-order chi connectivity index (χ1) is 13.6. The van der Waals surface area contributed by atoms with Crippen molar-refractivity contribution in [1.82, 2.24) is 14.5 Å². The number of pyridine rings is 1. The summed E-state index contributed by atoms with van der Waals surface area (Å²) >= 11 is 0. The molecule has 0 N–H and O–H groups in total. The van der Waals surface area contributed by atoms with Gasteiger partial charge in [0.05, 0.1) is 18.3 Å². The minimum Gasteiger partial charge on any atom is -0.494 e. The Bertz CT molecular complexity index is 1040. The third-order valence-corrected chi connectivity index (χ3v) is 6.26.